The Morgan fingerprint density at radius 2 is 2.00 bits per heavy atom. The van der Waals surface area contributed by atoms with E-state index in [1.54, 1.807) is 0 Å². The maximum Gasteiger partial charge on any atom is 0.298 e. The Morgan fingerprint density at radius 1 is 1.38 bits per heavy atom. The summed E-state index contributed by atoms with van der Waals surface area (Å²) < 4.78 is 25.7. The van der Waals surface area contributed by atoms with Crippen molar-refractivity contribution in [2.24, 2.45) is 0 Å². The SMILES string of the molecule is OCC(F)(F)c1cc(Cl)nnc1Cl. The van der Waals surface area contributed by atoms with E-state index in [0.717, 1.165) is 6.07 Å². The molecule has 0 unspecified atom stereocenters. The Hall–Kier alpha value is -0.520. The van der Waals surface area contributed by atoms with Crippen LogP contribution in [0.4, 0.5) is 8.78 Å². The lowest BCUT2D eigenvalue weighted by Gasteiger charge is -2.13. The van der Waals surface area contributed by atoms with Crippen LogP contribution in [0.15, 0.2) is 6.07 Å². The summed E-state index contributed by atoms with van der Waals surface area (Å²) >= 11 is 10.7. The minimum absolute atomic E-state index is 0.201. The Labute approximate surface area is 82.3 Å². The first-order valence-corrected chi connectivity index (χ1v) is 3.91. The van der Waals surface area contributed by atoms with E-state index in [4.69, 9.17) is 28.3 Å². The van der Waals surface area contributed by atoms with Crippen molar-refractivity contribution in [1.82, 2.24) is 10.2 Å². The Balaban J connectivity index is 3.20. The molecule has 0 bridgehead atoms. The molecule has 1 N–H and O–H groups in total. The first kappa shape index (κ1) is 10.6. The fraction of sp³-hybridized carbons (Fsp3) is 0.333. The lowest BCUT2D eigenvalue weighted by molar-refractivity contribution is -0.0558. The van der Waals surface area contributed by atoms with Crippen molar-refractivity contribution < 1.29 is 13.9 Å². The van der Waals surface area contributed by atoms with Crippen LogP contribution in [0.2, 0.25) is 10.3 Å². The summed E-state index contributed by atoms with van der Waals surface area (Å²) in [4.78, 5) is 0. The summed E-state index contributed by atoms with van der Waals surface area (Å²) in [5.41, 5.74) is -0.628. The summed E-state index contributed by atoms with van der Waals surface area (Å²) in [7, 11) is 0. The normalized spacial score (nSPS) is 11.8. The van der Waals surface area contributed by atoms with Gasteiger partial charge in [0.2, 0.25) is 0 Å². The number of aliphatic hydroxyl groups is 1. The highest BCUT2D eigenvalue weighted by atomic mass is 35.5. The summed E-state index contributed by atoms with van der Waals surface area (Å²) in [5.74, 6) is -3.45. The maximum atomic E-state index is 12.9. The average molecular weight is 229 g/mol. The highest BCUT2D eigenvalue weighted by Gasteiger charge is 2.34. The van der Waals surface area contributed by atoms with Crippen LogP contribution in [0.5, 0.6) is 0 Å². The molecule has 7 heteroatoms. The second-order valence-electron chi connectivity index (χ2n) is 2.23. The molecule has 0 aromatic carbocycles. The van der Waals surface area contributed by atoms with E-state index in [1.807, 2.05) is 0 Å². The fourth-order valence-electron chi connectivity index (χ4n) is 0.695. The van der Waals surface area contributed by atoms with Gasteiger partial charge in [-0.15, -0.1) is 10.2 Å². The predicted octanol–water partition coefficient (Wildman–Crippen LogP) is 1.87. The van der Waals surface area contributed by atoms with Crippen LogP contribution < -0.4 is 0 Å². The van der Waals surface area contributed by atoms with Crippen LogP contribution in [0.25, 0.3) is 0 Å². The minimum Gasteiger partial charge on any atom is -0.390 e. The van der Waals surface area contributed by atoms with Crippen LogP contribution in [0, 0.1) is 0 Å². The van der Waals surface area contributed by atoms with Gasteiger partial charge in [-0.25, -0.2) is 0 Å². The van der Waals surface area contributed by atoms with Gasteiger partial charge in [-0.2, -0.15) is 8.78 Å². The minimum atomic E-state index is -3.45. The van der Waals surface area contributed by atoms with Crippen molar-refractivity contribution in [1.29, 1.82) is 0 Å². The van der Waals surface area contributed by atoms with Crippen molar-refractivity contribution >= 4 is 23.2 Å². The summed E-state index contributed by atoms with van der Waals surface area (Å²) in [5, 5.41) is 14.1. The largest absolute Gasteiger partial charge is 0.390 e. The number of hydrogen-bond donors (Lipinski definition) is 1. The van der Waals surface area contributed by atoms with Gasteiger partial charge in [0.1, 0.15) is 6.61 Å². The highest BCUT2D eigenvalue weighted by Crippen LogP contribution is 2.32. The van der Waals surface area contributed by atoms with E-state index >= 15 is 0 Å². The van der Waals surface area contributed by atoms with Gasteiger partial charge >= 0.3 is 0 Å². The number of nitrogens with zero attached hydrogens (tertiary/aromatic N) is 2. The monoisotopic (exact) mass is 228 g/mol. The molecule has 0 aliphatic heterocycles. The van der Waals surface area contributed by atoms with E-state index in [1.165, 1.54) is 0 Å². The third-order valence-electron chi connectivity index (χ3n) is 1.31. The predicted molar refractivity (Wildman–Crippen MR) is 43.0 cm³/mol. The smallest absolute Gasteiger partial charge is 0.298 e. The summed E-state index contributed by atoms with van der Waals surface area (Å²) in [6, 6.07) is 0.868. The quantitative estimate of drug-likeness (QED) is 0.841. The lowest BCUT2D eigenvalue weighted by atomic mass is 10.2. The van der Waals surface area contributed by atoms with Crippen molar-refractivity contribution in [3.05, 3.63) is 21.9 Å². The van der Waals surface area contributed by atoms with Crippen LogP contribution in [0.3, 0.4) is 0 Å². The molecule has 0 saturated carbocycles. The first-order chi connectivity index (χ1) is 5.97. The zero-order valence-corrected chi connectivity index (χ0v) is 7.65. The Kier molecular flexibility index (Phi) is 3.00. The topological polar surface area (TPSA) is 46.0 Å². The fourth-order valence-corrected chi connectivity index (χ4v) is 1.07. The molecule has 1 rings (SSSR count). The molecule has 72 valence electrons. The molecule has 0 aliphatic carbocycles. The Bertz CT molecular complexity index is 322. The molecule has 3 nitrogen and oxygen atoms in total. The van der Waals surface area contributed by atoms with E-state index in [0.29, 0.717) is 0 Å². The average Bonchev–Trinajstić information content (AvgIpc) is 2.09. The van der Waals surface area contributed by atoms with Gasteiger partial charge in [0.05, 0.1) is 5.56 Å². The van der Waals surface area contributed by atoms with E-state index in [9.17, 15) is 8.78 Å². The van der Waals surface area contributed by atoms with Crippen LogP contribution >= 0.6 is 23.2 Å². The summed E-state index contributed by atoms with van der Waals surface area (Å²) in [6.45, 7) is -1.35. The molecule has 0 spiro atoms. The third kappa shape index (κ3) is 2.24. The number of aromatic nitrogens is 2. The molecular weight excluding hydrogens is 225 g/mol. The zero-order valence-electron chi connectivity index (χ0n) is 6.14. The van der Waals surface area contributed by atoms with Crippen LogP contribution in [-0.4, -0.2) is 21.9 Å². The molecule has 0 saturated heterocycles. The van der Waals surface area contributed by atoms with Crippen molar-refractivity contribution in [3.63, 3.8) is 0 Å². The zero-order chi connectivity index (χ0) is 10.1. The Morgan fingerprint density at radius 3 is 2.54 bits per heavy atom. The van der Waals surface area contributed by atoms with Crippen LogP contribution in [0.1, 0.15) is 5.56 Å². The van der Waals surface area contributed by atoms with Gasteiger partial charge in [0.15, 0.2) is 10.3 Å². The molecule has 0 amide bonds. The molecule has 1 aromatic rings. The summed E-state index contributed by atoms with van der Waals surface area (Å²) in [6.07, 6.45) is 0. The van der Waals surface area contributed by atoms with Gasteiger partial charge in [-0.1, -0.05) is 23.2 Å². The van der Waals surface area contributed by atoms with Crippen molar-refractivity contribution in [2.45, 2.75) is 5.92 Å². The van der Waals surface area contributed by atoms with Crippen LogP contribution in [-0.2, 0) is 5.92 Å². The van der Waals surface area contributed by atoms with E-state index in [2.05, 4.69) is 10.2 Å². The third-order valence-corrected chi connectivity index (χ3v) is 1.78. The number of alkyl halides is 2. The molecular formula is C6H4Cl2F2N2O. The molecule has 0 radical (unpaired) electrons. The van der Waals surface area contributed by atoms with E-state index in [-0.39, 0.29) is 5.15 Å². The highest BCUT2D eigenvalue weighted by molar-refractivity contribution is 6.31. The molecule has 1 aromatic heterocycles. The second kappa shape index (κ2) is 3.69. The second-order valence-corrected chi connectivity index (χ2v) is 2.98. The number of halogens is 4. The lowest BCUT2D eigenvalue weighted by Crippen LogP contribution is -2.19. The van der Waals surface area contributed by atoms with Crippen molar-refractivity contribution in [2.75, 3.05) is 6.61 Å². The molecule has 0 atom stereocenters. The van der Waals surface area contributed by atoms with Crippen molar-refractivity contribution in [3.8, 4) is 0 Å². The van der Waals surface area contributed by atoms with Gasteiger partial charge in [-0.05, 0) is 6.07 Å². The maximum absolute atomic E-state index is 12.9. The van der Waals surface area contributed by atoms with Gasteiger partial charge in [0, 0.05) is 0 Å². The van der Waals surface area contributed by atoms with Gasteiger partial charge < -0.3 is 5.11 Å². The van der Waals surface area contributed by atoms with Gasteiger partial charge in [-0.3, -0.25) is 0 Å². The molecule has 0 fully saturated rings. The first-order valence-electron chi connectivity index (χ1n) is 3.15. The molecule has 1 heterocycles. The molecule has 13 heavy (non-hydrogen) atoms. The number of rotatable bonds is 2. The number of hydrogen-bond acceptors (Lipinski definition) is 3. The molecule has 0 aliphatic rings. The number of aliphatic hydroxyl groups excluding tert-OH is 1. The standard InChI is InChI=1S/C6H4Cl2F2N2O/c7-4-1-3(5(8)12-11-4)6(9,10)2-13/h1,13H,2H2. The van der Waals surface area contributed by atoms with Gasteiger partial charge in [0.25, 0.3) is 5.92 Å². The van der Waals surface area contributed by atoms with E-state index < -0.39 is 23.2 Å².